The molecule has 3 nitrogen and oxygen atoms in total. The molecule has 0 bridgehead atoms. The van der Waals surface area contributed by atoms with E-state index in [-0.39, 0.29) is 11.6 Å². The third-order valence-corrected chi connectivity index (χ3v) is 4.68. The number of rotatable bonds is 4. The fourth-order valence-corrected chi connectivity index (χ4v) is 3.32. The van der Waals surface area contributed by atoms with Gasteiger partial charge in [-0.1, -0.05) is 30.3 Å². The predicted molar refractivity (Wildman–Crippen MR) is 88.7 cm³/mol. The fraction of sp³-hybridized carbons (Fsp3) is 0.353. The molecule has 0 aliphatic carbocycles. The molecule has 110 valence electrons. The summed E-state index contributed by atoms with van der Waals surface area (Å²) in [5, 5.41) is 0. The molecule has 0 saturated carbocycles. The zero-order valence-electron chi connectivity index (χ0n) is 11.9. The van der Waals surface area contributed by atoms with Crippen LogP contribution in [0.15, 0.2) is 57.9 Å². The van der Waals surface area contributed by atoms with Gasteiger partial charge in [-0.25, -0.2) is 0 Å². The van der Waals surface area contributed by atoms with Crippen LogP contribution in [0.2, 0.25) is 0 Å². The Morgan fingerprint density at radius 3 is 2.48 bits per heavy atom. The van der Waals surface area contributed by atoms with Gasteiger partial charge in [-0.3, -0.25) is 4.79 Å². The van der Waals surface area contributed by atoms with E-state index in [4.69, 9.17) is 0 Å². The van der Waals surface area contributed by atoms with E-state index in [1.54, 1.807) is 6.07 Å². The average molecular weight is 347 g/mol. The minimum Gasteiger partial charge on any atom is -0.306 e. The molecule has 1 aliphatic heterocycles. The van der Waals surface area contributed by atoms with Crippen molar-refractivity contribution in [3.8, 4) is 0 Å². The van der Waals surface area contributed by atoms with Crippen molar-refractivity contribution >= 4 is 15.9 Å². The molecular weight excluding hydrogens is 328 g/mol. The summed E-state index contributed by atoms with van der Waals surface area (Å²) >= 11 is 3.35. The highest BCUT2D eigenvalue weighted by Gasteiger charge is 2.21. The van der Waals surface area contributed by atoms with E-state index in [9.17, 15) is 4.79 Å². The van der Waals surface area contributed by atoms with Crippen LogP contribution in [-0.4, -0.2) is 29.1 Å². The van der Waals surface area contributed by atoms with Crippen LogP contribution in [0.1, 0.15) is 24.4 Å². The Hall–Kier alpha value is -1.39. The number of pyridine rings is 1. The fourth-order valence-electron chi connectivity index (χ4n) is 2.97. The molecule has 4 heteroatoms. The molecule has 0 amide bonds. The number of aromatic nitrogens is 1. The molecule has 21 heavy (non-hydrogen) atoms. The largest absolute Gasteiger partial charge is 0.306 e. The van der Waals surface area contributed by atoms with Crippen molar-refractivity contribution in [2.75, 3.05) is 19.6 Å². The van der Waals surface area contributed by atoms with Gasteiger partial charge in [0.2, 0.25) is 0 Å². The maximum absolute atomic E-state index is 12.5. The van der Waals surface area contributed by atoms with Crippen LogP contribution in [-0.2, 0) is 0 Å². The summed E-state index contributed by atoms with van der Waals surface area (Å²) in [5.74, 6) is 0. The molecule has 1 aromatic carbocycles. The lowest BCUT2D eigenvalue weighted by Gasteiger charge is -2.26. The van der Waals surface area contributed by atoms with Gasteiger partial charge in [-0.15, -0.1) is 0 Å². The van der Waals surface area contributed by atoms with E-state index >= 15 is 0 Å². The Morgan fingerprint density at radius 1 is 1.05 bits per heavy atom. The summed E-state index contributed by atoms with van der Waals surface area (Å²) in [7, 11) is 0. The molecular formula is C17H19BrN2O. The highest BCUT2D eigenvalue weighted by molar-refractivity contribution is 9.10. The molecule has 0 N–H and O–H groups in total. The molecule has 1 saturated heterocycles. The van der Waals surface area contributed by atoms with Crippen LogP contribution in [0.3, 0.4) is 0 Å². The monoisotopic (exact) mass is 346 g/mol. The highest BCUT2D eigenvalue weighted by Crippen LogP contribution is 2.21. The molecule has 1 fully saturated rings. The summed E-state index contributed by atoms with van der Waals surface area (Å²) in [5.41, 5.74) is 1.22. The van der Waals surface area contributed by atoms with E-state index in [1.807, 2.05) is 35.0 Å². The van der Waals surface area contributed by atoms with Crippen molar-refractivity contribution in [3.05, 3.63) is 69.1 Å². The number of halogens is 1. The zero-order chi connectivity index (χ0) is 14.7. The molecule has 1 unspecified atom stereocenters. The quantitative estimate of drug-likeness (QED) is 0.848. The number of hydrogen-bond acceptors (Lipinski definition) is 2. The maximum atomic E-state index is 12.5. The van der Waals surface area contributed by atoms with Crippen molar-refractivity contribution in [3.63, 3.8) is 0 Å². The molecule has 2 heterocycles. The van der Waals surface area contributed by atoms with E-state index in [0.29, 0.717) is 4.47 Å². The van der Waals surface area contributed by atoms with Crippen LogP contribution in [0.5, 0.6) is 0 Å². The lowest BCUT2D eigenvalue weighted by Crippen LogP contribution is -2.34. The lowest BCUT2D eigenvalue weighted by molar-refractivity contribution is 0.295. The number of benzene rings is 1. The third-order valence-electron chi connectivity index (χ3n) is 4.08. The Labute approximate surface area is 133 Å². The smallest absolute Gasteiger partial charge is 0.265 e. The number of likely N-dealkylation sites (tertiary alicyclic amines) is 1. The minimum absolute atomic E-state index is 0.0329. The first kappa shape index (κ1) is 14.5. The maximum Gasteiger partial charge on any atom is 0.265 e. The Bertz CT molecular complexity index is 647. The Morgan fingerprint density at radius 2 is 1.76 bits per heavy atom. The molecule has 0 radical (unpaired) electrons. The average Bonchev–Trinajstić information content (AvgIpc) is 3.02. The number of hydrogen-bond donors (Lipinski definition) is 0. The first-order valence-electron chi connectivity index (χ1n) is 7.39. The molecule has 0 spiro atoms. The van der Waals surface area contributed by atoms with Gasteiger partial charge in [0.25, 0.3) is 5.56 Å². The van der Waals surface area contributed by atoms with Gasteiger partial charge in [0, 0.05) is 12.7 Å². The van der Waals surface area contributed by atoms with Crippen molar-refractivity contribution < 1.29 is 0 Å². The lowest BCUT2D eigenvalue weighted by atomic mass is 10.1. The van der Waals surface area contributed by atoms with Crippen LogP contribution >= 0.6 is 15.9 Å². The molecule has 1 atom stereocenters. The van der Waals surface area contributed by atoms with Gasteiger partial charge in [0.1, 0.15) is 0 Å². The molecule has 2 aromatic rings. The van der Waals surface area contributed by atoms with Crippen LogP contribution in [0.25, 0.3) is 0 Å². The predicted octanol–water partition coefficient (Wildman–Crippen LogP) is 3.30. The van der Waals surface area contributed by atoms with Crippen LogP contribution in [0, 0.1) is 0 Å². The van der Waals surface area contributed by atoms with Gasteiger partial charge < -0.3 is 9.47 Å². The van der Waals surface area contributed by atoms with E-state index in [0.717, 1.165) is 19.6 Å². The summed E-state index contributed by atoms with van der Waals surface area (Å²) in [6, 6.07) is 14.1. The van der Waals surface area contributed by atoms with Gasteiger partial charge in [-0.05, 0) is 59.6 Å². The topological polar surface area (TPSA) is 25.2 Å². The Balaban J connectivity index is 1.99. The highest BCUT2D eigenvalue weighted by atomic mass is 79.9. The second-order valence-electron chi connectivity index (χ2n) is 5.50. The van der Waals surface area contributed by atoms with Crippen LogP contribution in [0.4, 0.5) is 0 Å². The summed E-state index contributed by atoms with van der Waals surface area (Å²) < 4.78 is 2.46. The van der Waals surface area contributed by atoms with Gasteiger partial charge in [0.05, 0.1) is 10.5 Å². The third kappa shape index (κ3) is 3.27. The molecule has 3 rings (SSSR count). The van der Waals surface area contributed by atoms with Crippen LogP contribution < -0.4 is 5.56 Å². The van der Waals surface area contributed by atoms with Gasteiger partial charge in [-0.2, -0.15) is 0 Å². The van der Waals surface area contributed by atoms with Crippen molar-refractivity contribution in [1.29, 1.82) is 0 Å². The summed E-state index contributed by atoms with van der Waals surface area (Å²) in [4.78, 5) is 14.9. The molecule has 1 aliphatic rings. The van der Waals surface area contributed by atoms with E-state index in [2.05, 4.69) is 33.0 Å². The van der Waals surface area contributed by atoms with Crippen molar-refractivity contribution in [1.82, 2.24) is 9.47 Å². The zero-order valence-corrected chi connectivity index (χ0v) is 13.5. The van der Waals surface area contributed by atoms with Crippen molar-refractivity contribution in [2.24, 2.45) is 0 Å². The second-order valence-corrected chi connectivity index (χ2v) is 6.36. The first-order valence-corrected chi connectivity index (χ1v) is 8.19. The van der Waals surface area contributed by atoms with E-state index < -0.39 is 0 Å². The van der Waals surface area contributed by atoms with Gasteiger partial charge in [0.15, 0.2) is 0 Å². The SMILES string of the molecule is O=c1c(Br)cccn1C(CN1CCCC1)c1ccccc1. The van der Waals surface area contributed by atoms with Crippen molar-refractivity contribution in [2.45, 2.75) is 18.9 Å². The minimum atomic E-state index is 0.0329. The summed E-state index contributed by atoms with van der Waals surface area (Å²) in [6.07, 6.45) is 4.41. The second kappa shape index (κ2) is 6.58. The first-order chi connectivity index (χ1) is 10.3. The Kier molecular flexibility index (Phi) is 4.56. The van der Waals surface area contributed by atoms with Gasteiger partial charge >= 0.3 is 0 Å². The summed E-state index contributed by atoms with van der Waals surface area (Å²) in [6.45, 7) is 3.15. The number of nitrogens with zero attached hydrogens (tertiary/aromatic N) is 2. The normalized spacial score (nSPS) is 17.0. The molecule has 1 aromatic heterocycles. The van der Waals surface area contributed by atoms with E-state index in [1.165, 1.54) is 18.4 Å². The standard InChI is InChI=1S/C17H19BrN2O/c18-15-9-6-12-20(17(15)21)16(13-19-10-4-5-11-19)14-7-2-1-3-8-14/h1-3,6-9,12,16H,4-5,10-11,13H2.